The van der Waals surface area contributed by atoms with Gasteiger partial charge in [-0.15, -0.1) is 17.9 Å². The number of hydrogen-bond donors (Lipinski definition) is 2. The molecule has 2 amide bonds. The van der Waals surface area contributed by atoms with E-state index in [1.54, 1.807) is 16.5 Å². The Balaban J connectivity index is 1.58. The second kappa shape index (κ2) is 7.43. The van der Waals surface area contributed by atoms with Gasteiger partial charge in [0.1, 0.15) is 0 Å². The molecule has 0 saturated carbocycles. The van der Waals surface area contributed by atoms with E-state index in [1.807, 2.05) is 53.9 Å². The van der Waals surface area contributed by atoms with Crippen LogP contribution in [0.1, 0.15) is 0 Å². The molecule has 0 atom stereocenters. The molecule has 0 unspecified atom stereocenters. The number of H-pyrrole nitrogens is 2. The van der Waals surface area contributed by atoms with E-state index in [0.717, 1.165) is 28.2 Å². The van der Waals surface area contributed by atoms with E-state index in [0.29, 0.717) is 12.2 Å². The van der Waals surface area contributed by atoms with Gasteiger partial charge in [0.25, 0.3) is 0 Å². The Hall–Kier alpha value is -3.45. The molecule has 0 saturated heterocycles. The number of anilines is 2. The van der Waals surface area contributed by atoms with Crippen LogP contribution in [0.25, 0.3) is 22.6 Å². The third-order valence-corrected chi connectivity index (χ3v) is 4.69. The lowest BCUT2D eigenvalue weighted by molar-refractivity contribution is -0.330. The van der Waals surface area contributed by atoms with Crippen molar-refractivity contribution in [1.82, 2.24) is 9.97 Å². The second-order valence-electron chi connectivity index (χ2n) is 5.92. The summed E-state index contributed by atoms with van der Waals surface area (Å²) in [5, 5.41) is 4.92. The molecule has 0 radical (unpaired) electrons. The van der Waals surface area contributed by atoms with E-state index < -0.39 is 0 Å². The van der Waals surface area contributed by atoms with Crippen LogP contribution in [0, 0.1) is 0 Å². The number of rotatable bonds is 5. The molecule has 4 aromatic rings. The molecule has 2 heterocycles. The number of nitrogens with zero attached hydrogens (tertiary/aromatic N) is 2. The van der Waals surface area contributed by atoms with Crippen molar-refractivity contribution < 1.29 is 9.78 Å². The summed E-state index contributed by atoms with van der Waals surface area (Å²) in [5.74, 6) is 0.840. The molecule has 27 heavy (non-hydrogen) atoms. The Labute approximate surface area is 160 Å². The van der Waals surface area contributed by atoms with Gasteiger partial charge in [-0.3, -0.25) is 4.90 Å². The molecule has 2 aromatic heterocycles. The fourth-order valence-electron chi connectivity index (χ4n) is 2.83. The summed E-state index contributed by atoms with van der Waals surface area (Å²) in [6.07, 6.45) is 1.70. The lowest BCUT2D eigenvalue weighted by atomic mass is 10.2. The number of aromatic nitrogens is 3. The third kappa shape index (κ3) is 3.58. The molecule has 6 nitrogen and oxygen atoms in total. The van der Waals surface area contributed by atoms with E-state index in [2.05, 4.69) is 26.8 Å². The molecule has 0 spiro atoms. The number of fused-ring (bicyclic) bond motifs is 1. The van der Waals surface area contributed by atoms with Gasteiger partial charge in [-0.1, -0.05) is 24.3 Å². The number of urea groups is 1. The van der Waals surface area contributed by atoms with Gasteiger partial charge in [0, 0.05) is 29.4 Å². The zero-order chi connectivity index (χ0) is 18.6. The van der Waals surface area contributed by atoms with Crippen LogP contribution in [0.15, 0.2) is 72.1 Å². The molecule has 0 aliphatic heterocycles. The predicted molar refractivity (Wildman–Crippen MR) is 109 cm³/mol. The topological polar surface area (TPSA) is 75.2 Å². The number of carbonyl (C=O) groups is 1. The van der Waals surface area contributed by atoms with Crippen molar-refractivity contribution >= 4 is 39.8 Å². The average Bonchev–Trinajstić information content (AvgIpc) is 3.35. The highest BCUT2D eigenvalue weighted by Crippen LogP contribution is 2.21. The summed E-state index contributed by atoms with van der Waals surface area (Å²) >= 11 is 1.54. The van der Waals surface area contributed by atoms with E-state index in [-0.39, 0.29) is 6.03 Å². The first-order valence-electron chi connectivity index (χ1n) is 8.42. The van der Waals surface area contributed by atoms with Crippen LogP contribution in [0.4, 0.5) is 16.2 Å². The standard InChI is InChI=1S/C20H17N5OS/c1-2-10-25(15-6-4-3-5-7-15)20(26)22-14-8-9-16-17(11-14)24-19(23-16)18-12-27-13-21-18/h2-9,11-13H,1,10H2,(H,22,26)(H,23,24)/p+1. The Morgan fingerprint density at radius 1 is 1.30 bits per heavy atom. The smallest absolute Gasteiger partial charge is 0.307 e. The highest BCUT2D eigenvalue weighted by Gasteiger charge is 2.17. The number of hydrogen-bond acceptors (Lipinski definition) is 3. The summed E-state index contributed by atoms with van der Waals surface area (Å²) in [5.41, 5.74) is 6.02. The van der Waals surface area contributed by atoms with Gasteiger partial charge >= 0.3 is 11.9 Å². The quantitative estimate of drug-likeness (QED) is 0.509. The lowest BCUT2D eigenvalue weighted by Gasteiger charge is -2.21. The van der Waals surface area contributed by atoms with Crippen molar-refractivity contribution in [3.05, 3.63) is 72.1 Å². The van der Waals surface area contributed by atoms with Crippen molar-refractivity contribution in [3.63, 3.8) is 0 Å². The highest BCUT2D eigenvalue weighted by molar-refractivity contribution is 7.07. The van der Waals surface area contributed by atoms with Crippen LogP contribution in [-0.2, 0) is 0 Å². The molecular formula is C20H18N5OS+. The zero-order valence-corrected chi connectivity index (χ0v) is 15.3. The van der Waals surface area contributed by atoms with E-state index in [4.69, 9.17) is 0 Å². The number of para-hydroxylation sites is 1. The molecule has 2 aromatic carbocycles. The first-order chi connectivity index (χ1) is 13.2. The van der Waals surface area contributed by atoms with Gasteiger partial charge in [-0.05, 0) is 24.3 Å². The third-order valence-electron chi connectivity index (χ3n) is 4.10. The number of aromatic amines is 2. The number of thiazole rings is 1. The van der Waals surface area contributed by atoms with Gasteiger partial charge < -0.3 is 5.32 Å². The highest BCUT2D eigenvalue weighted by atomic mass is 32.1. The predicted octanol–water partition coefficient (Wildman–Crippen LogP) is 4.33. The summed E-state index contributed by atoms with van der Waals surface area (Å²) in [6, 6.07) is 15.0. The van der Waals surface area contributed by atoms with Crippen molar-refractivity contribution in [3.8, 4) is 11.5 Å². The maximum absolute atomic E-state index is 12.8. The fourth-order valence-corrected chi connectivity index (χ4v) is 3.38. The normalized spacial score (nSPS) is 10.7. The van der Waals surface area contributed by atoms with E-state index >= 15 is 0 Å². The van der Waals surface area contributed by atoms with E-state index in [9.17, 15) is 4.79 Å². The Morgan fingerprint density at radius 3 is 2.89 bits per heavy atom. The summed E-state index contributed by atoms with van der Waals surface area (Å²) in [6.45, 7) is 4.17. The lowest BCUT2D eigenvalue weighted by Crippen LogP contribution is -2.35. The number of imidazole rings is 1. The minimum atomic E-state index is -0.212. The van der Waals surface area contributed by atoms with Gasteiger partial charge in [0.2, 0.25) is 0 Å². The van der Waals surface area contributed by atoms with Gasteiger partial charge in [0.05, 0.1) is 5.51 Å². The Morgan fingerprint density at radius 2 is 2.15 bits per heavy atom. The fraction of sp³-hybridized carbons (Fsp3) is 0.0500. The first kappa shape index (κ1) is 17.0. The van der Waals surface area contributed by atoms with Crippen molar-refractivity contribution in [2.24, 2.45) is 0 Å². The van der Waals surface area contributed by atoms with Crippen LogP contribution in [0.3, 0.4) is 0 Å². The largest absolute Gasteiger partial charge is 0.326 e. The van der Waals surface area contributed by atoms with E-state index in [1.165, 1.54) is 11.3 Å². The maximum Gasteiger partial charge on any atom is 0.326 e. The van der Waals surface area contributed by atoms with Crippen molar-refractivity contribution in [2.45, 2.75) is 0 Å². The molecule has 134 valence electrons. The summed E-state index contributed by atoms with van der Waals surface area (Å²) in [4.78, 5) is 25.3. The zero-order valence-electron chi connectivity index (χ0n) is 14.5. The molecule has 0 fully saturated rings. The molecule has 0 aliphatic carbocycles. The van der Waals surface area contributed by atoms with Crippen molar-refractivity contribution in [1.29, 1.82) is 0 Å². The SMILES string of the molecule is C=CCN(C(=O)Nc1ccc2[nH+]c(-c3cscn3)[nH]c2c1)c1ccccc1. The van der Waals surface area contributed by atoms with Crippen molar-refractivity contribution in [2.75, 3.05) is 16.8 Å². The number of benzene rings is 2. The molecule has 0 aliphatic rings. The molecule has 7 heteroatoms. The van der Waals surface area contributed by atoms with Crippen LogP contribution in [0.5, 0.6) is 0 Å². The second-order valence-corrected chi connectivity index (χ2v) is 6.64. The minimum Gasteiger partial charge on any atom is -0.307 e. The summed E-state index contributed by atoms with van der Waals surface area (Å²) < 4.78 is 0. The van der Waals surface area contributed by atoms with Crippen LogP contribution >= 0.6 is 11.3 Å². The van der Waals surface area contributed by atoms with Crippen LogP contribution in [0.2, 0.25) is 0 Å². The molecular weight excluding hydrogens is 358 g/mol. The number of amides is 2. The minimum absolute atomic E-state index is 0.212. The van der Waals surface area contributed by atoms with Gasteiger partial charge in [0.15, 0.2) is 16.7 Å². The molecule has 3 N–H and O–H groups in total. The monoisotopic (exact) mass is 376 g/mol. The Bertz CT molecular complexity index is 1070. The molecule has 0 bridgehead atoms. The number of carbonyl (C=O) groups excluding carboxylic acids is 1. The Kier molecular flexibility index (Phi) is 4.67. The first-order valence-corrected chi connectivity index (χ1v) is 9.37. The number of nitrogens with one attached hydrogen (secondary N) is 3. The summed E-state index contributed by atoms with van der Waals surface area (Å²) in [7, 11) is 0. The van der Waals surface area contributed by atoms with Gasteiger partial charge in [-0.25, -0.2) is 19.7 Å². The van der Waals surface area contributed by atoms with Crippen LogP contribution < -0.4 is 15.2 Å². The molecule has 4 rings (SSSR count). The maximum atomic E-state index is 12.8. The average molecular weight is 376 g/mol. The van der Waals surface area contributed by atoms with Crippen LogP contribution in [-0.4, -0.2) is 22.5 Å². The van der Waals surface area contributed by atoms with Gasteiger partial charge in [-0.2, -0.15) is 0 Å².